The number of amides is 2. The number of rotatable bonds is 10. The molecule has 0 aliphatic carbocycles. The Hall–Kier alpha value is -3.06. The number of ether oxygens (including phenoxy) is 3. The van der Waals surface area contributed by atoms with Crippen LogP contribution in [0.25, 0.3) is 0 Å². The molecule has 35 heavy (non-hydrogen) atoms. The second-order valence-electron chi connectivity index (χ2n) is 9.33. The predicted molar refractivity (Wildman–Crippen MR) is 135 cm³/mol. The molecule has 2 amide bonds. The quantitative estimate of drug-likeness (QED) is 0.468. The largest absolute Gasteiger partial charge is 0.497 e. The Morgan fingerprint density at radius 3 is 2.31 bits per heavy atom. The van der Waals surface area contributed by atoms with Gasteiger partial charge in [0.2, 0.25) is 5.91 Å². The van der Waals surface area contributed by atoms with Crippen LogP contribution >= 0.6 is 0 Å². The number of nitrogens with zero attached hydrogens (tertiary/aromatic N) is 2. The summed E-state index contributed by atoms with van der Waals surface area (Å²) in [6, 6.07) is 12.8. The number of likely N-dealkylation sites (tertiary alicyclic amines) is 1. The number of methoxy groups -OCH3 is 2. The molecular formula is C28H36N2O5. The zero-order valence-corrected chi connectivity index (χ0v) is 21.0. The van der Waals surface area contributed by atoms with Crippen molar-refractivity contribution in [2.75, 3.05) is 38.8 Å². The summed E-state index contributed by atoms with van der Waals surface area (Å²) >= 11 is 0. The summed E-state index contributed by atoms with van der Waals surface area (Å²) in [5, 5.41) is 0. The Morgan fingerprint density at radius 1 is 0.943 bits per heavy atom. The molecule has 2 aromatic carbocycles. The van der Waals surface area contributed by atoms with E-state index in [0.29, 0.717) is 18.2 Å². The van der Waals surface area contributed by atoms with Crippen LogP contribution in [-0.4, -0.2) is 56.7 Å². The van der Waals surface area contributed by atoms with Gasteiger partial charge in [-0.3, -0.25) is 14.5 Å². The van der Waals surface area contributed by atoms with Crippen LogP contribution in [0.15, 0.2) is 42.5 Å². The first-order valence-electron chi connectivity index (χ1n) is 12.6. The maximum absolute atomic E-state index is 13.2. The van der Waals surface area contributed by atoms with Crippen molar-refractivity contribution in [2.24, 2.45) is 5.92 Å². The van der Waals surface area contributed by atoms with Crippen molar-refractivity contribution < 1.29 is 23.8 Å². The number of hydrogen-bond donors (Lipinski definition) is 0. The second kappa shape index (κ2) is 11.6. The molecule has 0 spiro atoms. The summed E-state index contributed by atoms with van der Waals surface area (Å²) in [5.41, 5.74) is 1.81. The zero-order valence-electron chi connectivity index (χ0n) is 21.0. The Morgan fingerprint density at radius 2 is 1.66 bits per heavy atom. The van der Waals surface area contributed by atoms with Crippen molar-refractivity contribution in [3.05, 3.63) is 48.0 Å². The highest BCUT2D eigenvalue weighted by atomic mass is 16.5. The third-order valence-electron chi connectivity index (χ3n) is 7.10. The van der Waals surface area contributed by atoms with Gasteiger partial charge >= 0.3 is 0 Å². The predicted octanol–water partition coefficient (Wildman–Crippen LogP) is 4.47. The number of benzene rings is 2. The summed E-state index contributed by atoms with van der Waals surface area (Å²) in [6.45, 7) is 4.38. The van der Waals surface area contributed by atoms with Gasteiger partial charge in [-0.15, -0.1) is 0 Å². The minimum absolute atomic E-state index is 0.112. The molecule has 2 aliphatic heterocycles. The van der Waals surface area contributed by atoms with E-state index in [9.17, 15) is 9.59 Å². The molecule has 2 fully saturated rings. The number of imide groups is 1. The van der Waals surface area contributed by atoms with Crippen molar-refractivity contribution in [3.8, 4) is 17.2 Å². The molecule has 2 heterocycles. The van der Waals surface area contributed by atoms with Gasteiger partial charge in [0.25, 0.3) is 5.91 Å². The molecule has 1 atom stereocenters. The van der Waals surface area contributed by atoms with Crippen molar-refractivity contribution in [2.45, 2.75) is 51.5 Å². The van der Waals surface area contributed by atoms with Gasteiger partial charge in [0.15, 0.2) is 0 Å². The fourth-order valence-electron chi connectivity index (χ4n) is 5.06. The maximum atomic E-state index is 13.2. The molecule has 2 saturated heterocycles. The molecule has 0 saturated carbocycles. The van der Waals surface area contributed by atoms with Crippen LogP contribution in [0.5, 0.6) is 17.2 Å². The normalized spacial score (nSPS) is 19.3. The lowest BCUT2D eigenvalue weighted by molar-refractivity contribution is -0.123. The highest BCUT2D eigenvalue weighted by molar-refractivity contribution is 6.22. The summed E-state index contributed by atoms with van der Waals surface area (Å²) in [5.74, 6) is 2.76. The van der Waals surface area contributed by atoms with E-state index in [1.807, 2.05) is 24.3 Å². The molecule has 2 aromatic rings. The summed E-state index contributed by atoms with van der Waals surface area (Å²) in [4.78, 5) is 29.5. The standard InChI is InChI=1S/C28H36N2O5/c1-4-17-35-23-11-8-22(9-12-23)30-27(31)19-25(28(30)32)29-15-13-20(14-16-29)5-6-21-7-10-24(33-2)18-26(21)34-3/h7-12,18,20,25H,4-6,13-17,19H2,1-3H3/t25-/m1/s1. The summed E-state index contributed by atoms with van der Waals surface area (Å²) < 4.78 is 16.4. The van der Waals surface area contributed by atoms with Gasteiger partial charge in [0, 0.05) is 6.07 Å². The molecular weight excluding hydrogens is 444 g/mol. The minimum atomic E-state index is -0.360. The average Bonchev–Trinajstić information content (AvgIpc) is 3.20. The Kier molecular flexibility index (Phi) is 8.29. The van der Waals surface area contributed by atoms with E-state index in [1.165, 1.54) is 10.5 Å². The van der Waals surface area contributed by atoms with E-state index in [-0.39, 0.29) is 24.3 Å². The van der Waals surface area contributed by atoms with Gasteiger partial charge in [-0.05, 0) is 87.0 Å². The van der Waals surface area contributed by atoms with Crippen LogP contribution in [-0.2, 0) is 16.0 Å². The van der Waals surface area contributed by atoms with E-state index in [1.54, 1.807) is 26.4 Å². The lowest BCUT2D eigenvalue weighted by atomic mass is 9.89. The summed E-state index contributed by atoms with van der Waals surface area (Å²) in [7, 11) is 3.35. The Labute approximate surface area is 207 Å². The first-order chi connectivity index (χ1) is 17.0. The van der Waals surface area contributed by atoms with E-state index in [2.05, 4.69) is 17.9 Å². The molecule has 0 unspecified atom stereocenters. The lowest BCUT2D eigenvalue weighted by Crippen LogP contribution is -2.46. The van der Waals surface area contributed by atoms with Crippen LogP contribution in [0.2, 0.25) is 0 Å². The monoisotopic (exact) mass is 480 g/mol. The van der Waals surface area contributed by atoms with Crippen molar-refractivity contribution in [1.82, 2.24) is 4.90 Å². The van der Waals surface area contributed by atoms with Crippen LogP contribution in [0.1, 0.15) is 44.6 Å². The Balaban J connectivity index is 1.30. The third kappa shape index (κ3) is 5.78. The van der Waals surface area contributed by atoms with E-state index < -0.39 is 0 Å². The summed E-state index contributed by atoms with van der Waals surface area (Å²) in [6.07, 6.45) is 5.26. The number of aryl methyl sites for hydroxylation is 1. The average molecular weight is 481 g/mol. The molecule has 7 nitrogen and oxygen atoms in total. The number of piperidine rings is 1. The van der Waals surface area contributed by atoms with Gasteiger partial charge in [-0.2, -0.15) is 0 Å². The SMILES string of the molecule is CCCOc1ccc(N2C(=O)C[C@@H](N3CCC(CCc4ccc(OC)cc4OC)CC3)C2=O)cc1. The minimum Gasteiger partial charge on any atom is -0.497 e. The zero-order chi connectivity index (χ0) is 24.8. The van der Waals surface area contributed by atoms with Crippen LogP contribution in [0.4, 0.5) is 5.69 Å². The third-order valence-corrected chi connectivity index (χ3v) is 7.10. The molecule has 188 valence electrons. The van der Waals surface area contributed by atoms with Crippen LogP contribution in [0.3, 0.4) is 0 Å². The van der Waals surface area contributed by atoms with Gasteiger partial charge in [-0.1, -0.05) is 13.0 Å². The van der Waals surface area contributed by atoms with E-state index >= 15 is 0 Å². The first-order valence-corrected chi connectivity index (χ1v) is 12.6. The first kappa shape index (κ1) is 25.0. The fourth-order valence-corrected chi connectivity index (χ4v) is 5.06. The smallest absolute Gasteiger partial charge is 0.251 e. The van der Waals surface area contributed by atoms with E-state index in [4.69, 9.17) is 14.2 Å². The van der Waals surface area contributed by atoms with Crippen molar-refractivity contribution in [1.29, 1.82) is 0 Å². The fraction of sp³-hybridized carbons (Fsp3) is 0.500. The highest BCUT2D eigenvalue weighted by Gasteiger charge is 2.43. The van der Waals surface area contributed by atoms with Crippen LogP contribution in [0, 0.1) is 5.92 Å². The van der Waals surface area contributed by atoms with Crippen molar-refractivity contribution >= 4 is 17.5 Å². The van der Waals surface area contributed by atoms with Gasteiger partial charge < -0.3 is 14.2 Å². The topological polar surface area (TPSA) is 68.3 Å². The molecule has 4 rings (SSSR count). The highest BCUT2D eigenvalue weighted by Crippen LogP contribution is 2.32. The lowest BCUT2D eigenvalue weighted by Gasteiger charge is -2.35. The van der Waals surface area contributed by atoms with Gasteiger partial charge in [0.05, 0.1) is 39.0 Å². The number of anilines is 1. The molecule has 0 bridgehead atoms. The number of carbonyl (C=O) groups excluding carboxylic acids is 2. The van der Waals surface area contributed by atoms with Gasteiger partial charge in [-0.25, -0.2) is 4.90 Å². The van der Waals surface area contributed by atoms with Crippen LogP contribution < -0.4 is 19.1 Å². The second-order valence-corrected chi connectivity index (χ2v) is 9.33. The Bertz CT molecular complexity index is 1010. The molecule has 0 N–H and O–H groups in total. The molecule has 2 aliphatic rings. The maximum Gasteiger partial charge on any atom is 0.251 e. The number of carbonyl (C=O) groups is 2. The molecule has 0 aromatic heterocycles. The van der Waals surface area contributed by atoms with E-state index in [0.717, 1.165) is 62.4 Å². The van der Waals surface area contributed by atoms with Gasteiger partial charge in [0.1, 0.15) is 17.2 Å². The van der Waals surface area contributed by atoms with Crippen molar-refractivity contribution in [3.63, 3.8) is 0 Å². The molecule has 0 radical (unpaired) electrons. The molecule has 7 heteroatoms. The number of hydrogen-bond acceptors (Lipinski definition) is 6.